The van der Waals surface area contributed by atoms with E-state index < -0.39 is 0 Å². The maximum Gasteiger partial charge on any atom is 0.180 e. The summed E-state index contributed by atoms with van der Waals surface area (Å²) >= 11 is 0. The van der Waals surface area contributed by atoms with Crippen molar-refractivity contribution in [3.63, 3.8) is 0 Å². The number of rotatable bonds is 5. The molecule has 19 heavy (non-hydrogen) atoms. The van der Waals surface area contributed by atoms with Crippen molar-refractivity contribution in [1.82, 2.24) is 0 Å². The van der Waals surface area contributed by atoms with Gasteiger partial charge in [0.2, 0.25) is 0 Å². The number of hydrogen-bond donors (Lipinski definition) is 1. The summed E-state index contributed by atoms with van der Waals surface area (Å²) in [6, 6.07) is 5.26. The Labute approximate surface area is 112 Å². The van der Waals surface area contributed by atoms with Crippen molar-refractivity contribution < 1.29 is 19.0 Å². The summed E-state index contributed by atoms with van der Waals surface area (Å²) in [6.45, 7) is 1.32. The lowest BCUT2D eigenvalue weighted by Crippen LogP contribution is -2.27. The summed E-state index contributed by atoms with van der Waals surface area (Å²) in [5, 5.41) is 0. The molecule has 5 heteroatoms. The molecule has 0 amide bonds. The van der Waals surface area contributed by atoms with E-state index >= 15 is 0 Å². The van der Waals surface area contributed by atoms with Crippen LogP contribution in [0.3, 0.4) is 0 Å². The highest BCUT2D eigenvalue weighted by Gasteiger charge is 2.21. The van der Waals surface area contributed by atoms with E-state index in [4.69, 9.17) is 19.9 Å². The van der Waals surface area contributed by atoms with Gasteiger partial charge in [0.1, 0.15) is 6.10 Å². The molecule has 2 rings (SSSR count). The normalized spacial score (nSPS) is 16.1. The molecule has 1 aliphatic rings. The molecular formula is C14H19NO4. The zero-order chi connectivity index (χ0) is 13.7. The van der Waals surface area contributed by atoms with Gasteiger partial charge in [0.25, 0.3) is 0 Å². The molecule has 0 aliphatic carbocycles. The maximum absolute atomic E-state index is 11.9. The first kappa shape index (κ1) is 13.8. The van der Waals surface area contributed by atoms with Gasteiger partial charge in [-0.05, 0) is 12.1 Å². The number of benzene rings is 1. The van der Waals surface area contributed by atoms with Crippen molar-refractivity contribution in [1.29, 1.82) is 0 Å². The number of hydrogen-bond acceptors (Lipinski definition) is 5. The fourth-order valence-electron chi connectivity index (χ4n) is 2.09. The third-order valence-electron chi connectivity index (χ3n) is 3.14. The second-order valence-corrected chi connectivity index (χ2v) is 4.39. The summed E-state index contributed by atoms with van der Waals surface area (Å²) in [5.41, 5.74) is 5.91. The zero-order valence-corrected chi connectivity index (χ0v) is 11.1. The van der Waals surface area contributed by atoms with E-state index in [1.165, 1.54) is 0 Å². The molecule has 1 fully saturated rings. The molecule has 0 saturated carbocycles. The van der Waals surface area contributed by atoms with E-state index in [0.717, 1.165) is 12.8 Å². The smallest absolute Gasteiger partial charge is 0.180 e. The Hall–Kier alpha value is -1.59. The lowest BCUT2D eigenvalue weighted by atomic mass is 10.1. The third-order valence-corrected chi connectivity index (χ3v) is 3.14. The van der Waals surface area contributed by atoms with Crippen molar-refractivity contribution in [2.75, 3.05) is 26.9 Å². The third kappa shape index (κ3) is 3.24. The average Bonchev–Trinajstić information content (AvgIpc) is 2.47. The maximum atomic E-state index is 11.9. The van der Waals surface area contributed by atoms with E-state index in [2.05, 4.69) is 0 Å². The highest BCUT2D eigenvalue weighted by Crippen LogP contribution is 2.33. The second-order valence-electron chi connectivity index (χ2n) is 4.39. The molecule has 1 heterocycles. The van der Waals surface area contributed by atoms with E-state index in [0.29, 0.717) is 30.3 Å². The van der Waals surface area contributed by atoms with Gasteiger partial charge in [0.05, 0.1) is 32.4 Å². The minimum Gasteiger partial charge on any atom is -0.493 e. The van der Waals surface area contributed by atoms with Crippen molar-refractivity contribution in [3.8, 4) is 11.5 Å². The molecule has 1 saturated heterocycles. The highest BCUT2D eigenvalue weighted by atomic mass is 16.5. The second kappa shape index (κ2) is 6.54. The number of methoxy groups -OCH3 is 1. The molecule has 1 aromatic rings. The Morgan fingerprint density at radius 3 is 2.79 bits per heavy atom. The quantitative estimate of drug-likeness (QED) is 0.815. The lowest BCUT2D eigenvalue weighted by molar-refractivity contribution is 0.0242. The number of carbonyl (C=O) groups excluding carboxylic acids is 1. The van der Waals surface area contributed by atoms with Crippen molar-refractivity contribution in [2.24, 2.45) is 5.73 Å². The van der Waals surface area contributed by atoms with Gasteiger partial charge in [-0.25, -0.2) is 0 Å². The van der Waals surface area contributed by atoms with E-state index in [9.17, 15) is 4.79 Å². The number of ether oxygens (including phenoxy) is 3. The number of para-hydroxylation sites is 1. The zero-order valence-electron chi connectivity index (χ0n) is 11.1. The SMILES string of the molecule is COc1cccc(C(=O)CN)c1OC1CCOCC1. The van der Waals surface area contributed by atoms with Crippen LogP contribution in [0.4, 0.5) is 0 Å². The van der Waals surface area contributed by atoms with Crippen LogP contribution in [0.2, 0.25) is 0 Å². The van der Waals surface area contributed by atoms with Crippen LogP contribution in [-0.4, -0.2) is 38.8 Å². The Balaban J connectivity index is 2.26. The summed E-state index contributed by atoms with van der Waals surface area (Å²) in [5.74, 6) is 0.902. The first-order valence-electron chi connectivity index (χ1n) is 6.41. The Kier molecular flexibility index (Phi) is 4.76. The van der Waals surface area contributed by atoms with E-state index in [1.807, 2.05) is 0 Å². The Bertz CT molecular complexity index is 441. The molecule has 5 nitrogen and oxygen atoms in total. The molecular weight excluding hydrogens is 246 g/mol. The topological polar surface area (TPSA) is 70.8 Å². The van der Waals surface area contributed by atoms with Crippen molar-refractivity contribution in [3.05, 3.63) is 23.8 Å². The first-order chi connectivity index (χ1) is 9.26. The summed E-state index contributed by atoms with van der Waals surface area (Å²) in [7, 11) is 1.56. The standard InChI is InChI=1S/C14H19NO4/c1-17-13-4-2-3-11(12(16)9-15)14(13)19-10-5-7-18-8-6-10/h2-4,10H,5-9,15H2,1H3. The summed E-state index contributed by atoms with van der Waals surface area (Å²) in [6.07, 6.45) is 1.68. The molecule has 0 spiro atoms. The lowest BCUT2D eigenvalue weighted by Gasteiger charge is -2.25. The molecule has 2 N–H and O–H groups in total. The van der Waals surface area contributed by atoms with Gasteiger partial charge < -0.3 is 19.9 Å². The van der Waals surface area contributed by atoms with Gasteiger partial charge in [-0.2, -0.15) is 0 Å². The number of ketones is 1. The van der Waals surface area contributed by atoms with Crippen LogP contribution >= 0.6 is 0 Å². The molecule has 1 aromatic carbocycles. The summed E-state index contributed by atoms with van der Waals surface area (Å²) < 4.78 is 16.5. The Morgan fingerprint density at radius 2 is 2.16 bits per heavy atom. The highest BCUT2D eigenvalue weighted by molar-refractivity contribution is 6.00. The van der Waals surface area contributed by atoms with E-state index in [1.54, 1.807) is 25.3 Å². The largest absolute Gasteiger partial charge is 0.493 e. The minimum atomic E-state index is -0.152. The molecule has 1 aliphatic heterocycles. The van der Waals surface area contributed by atoms with Gasteiger partial charge in [-0.15, -0.1) is 0 Å². The van der Waals surface area contributed by atoms with Crippen LogP contribution in [0.1, 0.15) is 23.2 Å². The molecule has 0 atom stereocenters. The van der Waals surface area contributed by atoms with Gasteiger partial charge in [0, 0.05) is 12.8 Å². The van der Waals surface area contributed by atoms with Crippen molar-refractivity contribution >= 4 is 5.78 Å². The number of carbonyl (C=O) groups is 1. The Morgan fingerprint density at radius 1 is 1.42 bits per heavy atom. The molecule has 0 unspecified atom stereocenters. The predicted molar refractivity (Wildman–Crippen MR) is 70.8 cm³/mol. The van der Waals surface area contributed by atoms with Crippen LogP contribution in [-0.2, 0) is 4.74 Å². The van der Waals surface area contributed by atoms with Crippen LogP contribution in [0.5, 0.6) is 11.5 Å². The van der Waals surface area contributed by atoms with Gasteiger partial charge in [-0.3, -0.25) is 4.79 Å². The fraction of sp³-hybridized carbons (Fsp3) is 0.500. The average molecular weight is 265 g/mol. The first-order valence-corrected chi connectivity index (χ1v) is 6.41. The molecule has 0 radical (unpaired) electrons. The molecule has 104 valence electrons. The molecule has 0 bridgehead atoms. The van der Waals surface area contributed by atoms with Gasteiger partial charge in [0.15, 0.2) is 17.3 Å². The molecule has 0 aromatic heterocycles. The monoisotopic (exact) mass is 265 g/mol. The van der Waals surface area contributed by atoms with Gasteiger partial charge >= 0.3 is 0 Å². The minimum absolute atomic E-state index is 0.0443. The summed E-state index contributed by atoms with van der Waals surface area (Å²) in [4.78, 5) is 11.9. The fourth-order valence-corrected chi connectivity index (χ4v) is 2.09. The van der Waals surface area contributed by atoms with Crippen LogP contribution in [0.15, 0.2) is 18.2 Å². The number of Topliss-reactive ketones (excluding diaryl/α,β-unsaturated/α-hetero) is 1. The van der Waals surface area contributed by atoms with Crippen LogP contribution < -0.4 is 15.2 Å². The predicted octanol–water partition coefficient (Wildman–Crippen LogP) is 1.39. The number of nitrogens with two attached hydrogens (primary N) is 1. The van der Waals surface area contributed by atoms with Crippen LogP contribution in [0.25, 0.3) is 0 Å². The van der Waals surface area contributed by atoms with Crippen molar-refractivity contribution in [2.45, 2.75) is 18.9 Å². The van der Waals surface area contributed by atoms with Gasteiger partial charge in [-0.1, -0.05) is 6.07 Å². The van der Waals surface area contributed by atoms with E-state index in [-0.39, 0.29) is 18.4 Å². The van der Waals surface area contributed by atoms with Crippen LogP contribution in [0, 0.1) is 0 Å².